The number of nitrogens with zero attached hydrogens (tertiary/aromatic N) is 6. The Morgan fingerprint density at radius 1 is 1.11 bits per heavy atom. The molecular formula is C25H37N7O3S. The number of likely N-dealkylation sites (tertiary alicyclic amines) is 1. The maximum atomic E-state index is 12.3. The minimum absolute atomic E-state index is 0.261. The molecule has 2 amide bonds. The number of aryl methyl sites for hydroxylation is 1. The molecule has 2 aliphatic rings. The van der Waals surface area contributed by atoms with Crippen molar-refractivity contribution in [1.82, 2.24) is 24.8 Å². The Balaban J connectivity index is 1.35. The number of piperazine rings is 1. The lowest BCUT2D eigenvalue weighted by Crippen LogP contribution is -2.50. The number of carbonyl (C=O) groups is 2. The van der Waals surface area contributed by atoms with Gasteiger partial charge in [0.05, 0.1) is 0 Å². The maximum Gasteiger partial charge on any atom is 0.410 e. The molecule has 0 unspecified atom stereocenters. The summed E-state index contributed by atoms with van der Waals surface area (Å²) in [7, 11) is 0. The largest absolute Gasteiger partial charge is 0.444 e. The molecule has 2 aliphatic heterocycles. The normalized spacial score (nSPS) is 16.6. The summed E-state index contributed by atoms with van der Waals surface area (Å²) in [4.78, 5) is 44.3. The van der Waals surface area contributed by atoms with Gasteiger partial charge in [0.25, 0.3) is 0 Å². The number of thiazole rings is 1. The molecule has 4 rings (SSSR count). The third-order valence-corrected chi connectivity index (χ3v) is 7.28. The molecule has 0 atom stereocenters. The third-order valence-electron chi connectivity index (χ3n) is 6.38. The van der Waals surface area contributed by atoms with Crippen LogP contribution in [0.3, 0.4) is 0 Å². The van der Waals surface area contributed by atoms with Crippen molar-refractivity contribution in [3.05, 3.63) is 16.6 Å². The number of nitrogens with one attached hydrogen (secondary N) is 1. The van der Waals surface area contributed by atoms with Crippen molar-refractivity contribution in [1.29, 1.82) is 0 Å². The Bertz CT molecular complexity index is 1090. The van der Waals surface area contributed by atoms with Crippen LogP contribution in [0.2, 0.25) is 0 Å². The first-order valence-corrected chi connectivity index (χ1v) is 13.5. The van der Waals surface area contributed by atoms with Crippen molar-refractivity contribution >= 4 is 34.3 Å². The molecule has 0 bridgehead atoms. The first kappa shape index (κ1) is 26.1. The van der Waals surface area contributed by atoms with Gasteiger partial charge in [-0.1, -0.05) is 0 Å². The van der Waals surface area contributed by atoms with Gasteiger partial charge in [-0.25, -0.2) is 19.7 Å². The summed E-state index contributed by atoms with van der Waals surface area (Å²) < 4.78 is 5.49. The van der Waals surface area contributed by atoms with E-state index in [9.17, 15) is 9.59 Å². The SMILES string of the molecule is Cc1nc(-c2csc(N3CCN(C(=O)OC(C)(C)C)CC3)n2)nc(NCCCN2CCCC2=O)c1C. The Hall–Kier alpha value is -2.95. The standard InChI is InChI=1S/C25H37N7O3S/c1-17-18(2)27-22(29-21(17)26-9-7-11-30-10-6-8-20(30)33)19-16-36-23(28-19)31-12-14-32(15-13-31)24(34)35-25(3,4)5/h16H,6-15H2,1-5H3,(H,26,27,29). The zero-order valence-electron chi connectivity index (χ0n) is 22.0. The number of ether oxygens (including phenoxy) is 1. The highest BCUT2D eigenvalue weighted by molar-refractivity contribution is 7.14. The van der Waals surface area contributed by atoms with E-state index in [0.29, 0.717) is 38.4 Å². The Kier molecular flexibility index (Phi) is 7.97. The molecule has 11 heteroatoms. The van der Waals surface area contributed by atoms with Crippen LogP contribution in [-0.4, -0.2) is 88.2 Å². The summed E-state index contributed by atoms with van der Waals surface area (Å²) in [6, 6.07) is 0. The molecule has 0 saturated carbocycles. The van der Waals surface area contributed by atoms with Crippen LogP contribution in [0, 0.1) is 13.8 Å². The number of amides is 2. The van der Waals surface area contributed by atoms with Crippen LogP contribution in [0.15, 0.2) is 5.38 Å². The number of carbonyl (C=O) groups excluding carboxylic acids is 2. The molecule has 2 saturated heterocycles. The van der Waals surface area contributed by atoms with Crippen molar-refractivity contribution in [2.75, 3.05) is 56.0 Å². The van der Waals surface area contributed by atoms with Crippen LogP contribution in [0.25, 0.3) is 11.5 Å². The number of anilines is 2. The second kappa shape index (κ2) is 11.0. The Morgan fingerprint density at radius 3 is 2.53 bits per heavy atom. The second-order valence-electron chi connectivity index (χ2n) is 10.3. The number of aromatic nitrogens is 3. The highest BCUT2D eigenvalue weighted by Crippen LogP contribution is 2.28. The average Bonchev–Trinajstić information content (AvgIpc) is 3.47. The molecule has 10 nitrogen and oxygen atoms in total. The molecule has 0 radical (unpaired) electrons. The summed E-state index contributed by atoms with van der Waals surface area (Å²) in [6.45, 7) is 14.6. The molecule has 196 valence electrons. The third kappa shape index (κ3) is 6.43. The lowest BCUT2D eigenvalue weighted by atomic mass is 10.2. The molecule has 2 aromatic heterocycles. The first-order chi connectivity index (χ1) is 17.1. The van der Waals surface area contributed by atoms with E-state index in [1.165, 1.54) is 0 Å². The van der Waals surface area contributed by atoms with Gasteiger partial charge in [-0.05, 0) is 47.5 Å². The van der Waals surface area contributed by atoms with Crippen LogP contribution in [0.5, 0.6) is 0 Å². The monoisotopic (exact) mass is 515 g/mol. The van der Waals surface area contributed by atoms with E-state index in [2.05, 4.69) is 15.2 Å². The van der Waals surface area contributed by atoms with Crippen molar-refractivity contribution in [3.8, 4) is 11.5 Å². The summed E-state index contributed by atoms with van der Waals surface area (Å²) in [5.41, 5.74) is 2.19. The van der Waals surface area contributed by atoms with Gasteiger partial charge in [-0.3, -0.25) is 4.79 Å². The van der Waals surface area contributed by atoms with Crippen LogP contribution in [0.1, 0.15) is 51.3 Å². The van der Waals surface area contributed by atoms with E-state index in [1.807, 2.05) is 44.9 Å². The second-order valence-corrected chi connectivity index (χ2v) is 11.2. The van der Waals surface area contributed by atoms with Gasteiger partial charge in [0.2, 0.25) is 5.91 Å². The van der Waals surface area contributed by atoms with Crippen LogP contribution >= 0.6 is 11.3 Å². The number of hydrogen-bond acceptors (Lipinski definition) is 9. The molecule has 36 heavy (non-hydrogen) atoms. The summed E-state index contributed by atoms with van der Waals surface area (Å²) in [5, 5.41) is 6.32. The average molecular weight is 516 g/mol. The predicted molar refractivity (Wildman–Crippen MR) is 142 cm³/mol. The molecule has 0 aliphatic carbocycles. The summed E-state index contributed by atoms with van der Waals surface area (Å²) in [6.07, 6.45) is 2.25. The minimum Gasteiger partial charge on any atom is -0.444 e. The van der Waals surface area contributed by atoms with Gasteiger partial charge in [0.15, 0.2) is 11.0 Å². The van der Waals surface area contributed by atoms with Gasteiger partial charge >= 0.3 is 6.09 Å². The number of hydrogen-bond donors (Lipinski definition) is 1. The van der Waals surface area contributed by atoms with Gasteiger partial charge < -0.3 is 24.8 Å². The fourth-order valence-electron chi connectivity index (χ4n) is 4.25. The molecule has 2 aromatic rings. The molecule has 0 aromatic carbocycles. The van der Waals surface area contributed by atoms with Gasteiger partial charge in [0.1, 0.15) is 17.1 Å². The molecule has 4 heterocycles. The zero-order chi connectivity index (χ0) is 25.9. The van der Waals surface area contributed by atoms with Crippen molar-refractivity contribution in [2.45, 2.75) is 59.5 Å². The van der Waals surface area contributed by atoms with Crippen LogP contribution in [-0.2, 0) is 9.53 Å². The molecule has 2 fully saturated rings. The van der Waals surface area contributed by atoms with Crippen molar-refractivity contribution in [2.24, 2.45) is 0 Å². The van der Waals surface area contributed by atoms with Gasteiger partial charge in [-0.2, -0.15) is 0 Å². The van der Waals surface area contributed by atoms with Crippen molar-refractivity contribution < 1.29 is 14.3 Å². The number of rotatable bonds is 7. The van der Waals surface area contributed by atoms with E-state index in [0.717, 1.165) is 60.4 Å². The van der Waals surface area contributed by atoms with E-state index >= 15 is 0 Å². The lowest BCUT2D eigenvalue weighted by Gasteiger charge is -2.35. The highest BCUT2D eigenvalue weighted by Gasteiger charge is 2.27. The predicted octanol–water partition coefficient (Wildman–Crippen LogP) is 3.70. The maximum absolute atomic E-state index is 12.3. The van der Waals surface area contributed by atoms with E-state index in [1.54, 1.807) is 16.2 Å². The minimum atomic E-state index is -0.495. The zero-order valence-corrected chi connectivity index (χ0v) is 22.8. The van der Waals surface area contributed by atoms with Crippen LogP contribution in [0.4, 0.5) is 15.7 Å². The first-order valence-electron chi connectivity index (χ1n) is 12.7. The summed E-state index contributed by atoms with van der Waals surface area (Å²) >= 11 is 1.56. The van der Waals surface area contributed by atoms with Crippen molar-refractivity contribution in [3.63, 3.8) is 0 Å². The molecule has 1 N–H and O–H groups in total. The van der Waals surface area contributed by atoms with Crippen LogP contribution < -0.4 is 10.2 Å². The fraction of sp³-hybridized carbons (Fsp3) is 0.640. The smallest absolute Gasteiger partial charge is 0.410 e. The van der Waals surface area contributed by atoms with E-state index < -0.39 is 5.60 Å². The highest BCUT2D eigenvalue weighted by atomic mass is 32.1. The quantitative estimate of drug-likeness (QED) is 0.557. The Labute approximate surface area is 217 Å². The molecule has 0 spiro atoms. The van der Waals surface area contributed by atoms with Gasteiger partial charge in [-0.15, -0.1) is 11.3 Å². The fourth-order valence-corrected chi connectivity index (χ4v) is 5.11. The topological polar surface area (TPSA) is 104 Å². The lowest BCUT2D eigenvalue weighted by molar-refractivity contribution is -0.127. The Morgan fingerprint density at radius 2 is 1.86 bits per heavy atom. The van der Waals surface area contributed by atoms with E-state index in [-0.39, 0.29) is 12.0 Å². The molecular weight excluding hydrogens is 478 g/mol. The van der Waals surface area contributed by atoms with E-state index in [4.69, 9.17) is 14.7 Å². The van der Waals surface area contributed by atoms with Gasteiger partial charge in [0, 0.05) is 68.9 Å². The summed E-state index contributed by atoms with van der Waals surface area (Å²) in [5.74, 6) is 1.67.